The first-order valence-corrected chi connectivity index (χ1v) is 7.11. The van der Waals surface area contributed by atoms with Crippen LogP contribution in [0.25, 0.3) is 0 Å². The first kappa shape index (κ1) is 12.7. The summed E-state index contributed by atoms with van der Waals surface area (Å²) < 4.78 is 0. The Balaban J connectivity index is 0.00000144. The van der Waals surface area contributed by atoms with Crippen molar-refractivity contribution in [1.29, 1.82) is 0 Å². The van der Waals surface area contributed by atoms with Gasteiger partial charge in [0.25, 0.3) is 0 Å². The van der Waals surface area contributed by atoms with Crippen molar-refractivity contribution < 1.29 is 17.0 Å². The van der Waals surface area contributed by atoms with Crippen LogP contribution in [0.5, 0.6) is 0 Å². The van der Waals surface area contributed by atoms with Crippen LogP contribution in [0.3, 0.4) is 0 Å². The SMILES string of the molecule is C[P+](C)(C)C#Cc1ccccc1.[Br-]. The van der Waals surface area contributed by atoms with Crippen molar-refractivity contribution in [2.75, 3.05) is 20.0 Å². The van der Waals surface area contributed by atoms with E-state index in [4.69, 9.17) is 0 Å². The Kier molecular flexibility index (Phi) is 5.30. The maximum atomic E-state index is 3.30. The van der Waals surface area contributed by atoms with E-state index in [9.17, 15) is 0 Å². The molecule has 0 saturated heterocycles. The van der Waals surface area contributed by atoms with Gasteiger partial charge in [0.15, 0.2) is 0 Å². The van der Waals surface area contributed by atoms with Gasteiger partial charge in [0.05, 0.1) is 32.9 Å². The maximum Gasteiger partial charge on any atom is 0.0835 e. The lowest BCUT2D eigenvalue weighted by atomic mass is 10.2. The van der Waals surface area contributed by atoms with E-state index in [1.54, 1.807) is 0 Å². The van der Waals surface area contributed by atoms with Crippen LogP contribution in [0.4, 0.5) is 0 Å². The van der Waals surface area contributed by atoms with E-state index in [0.29, 0.717) is 0 Å². The van der Waals surface area contributed by atoms with Gasteiger partial charge in [-0.25, -0.2) is 0 Å². The number of hydrogen-bond donors (Lipinski definition) is 0. The summed E-state index contributed by atoms with van der Waals surface area (Å²) in [6, 6.07) is 10.1. The van der Waals surface area contributed by atoms with Crippen LogP contribution < -0.4 is 17.0 Å². The van der Waals surface area contributed by atoms with Crippen molar-refractivity contribution in [3.05, 3.63) is 35.9 Å². The third kappa shape index (κ3) is 5.86. The normalized spacial score (nSPS) is 9.46. The largest absolute Gasteiger partial charge is 1.00 e. The van der Waals surface area contributed by atoms with Gasteiger partial charge in [0, 0.05) is 5.56 Å². The highest BCUT2D eigenvalue weighted by atomic mass is 79.9. The van der Waals surface area contributed by atoms with Crippen molar-refractivity contribution >= 4 is 7.26 Å². The molecule has 1 aromatic rings. The number of benzene rings is 1. The highest BCUT2D eigenvalue weighted by Gasteiger charge is 2.11. The van der Waals surface area contributed by atoms with Crippen LogP contribution in [-0.4, -0.2) is 20.0 Å². The molecule has 2 heteroatoms. The molecule has 0 saturated carbocycles. The molecular weight excluding hydrogens is 243 g/mol. The lowest BCUT2D eigenvalue weighted by molar-refractivity contribution is -0.00000268. The van der Waals surface area contributed by atoms with Crippen LogP contribution in [0.2, 0.25) is 0 Å². The summed E-state index contributed by atoms with van der Waals surface area (Å²) in [5, 5.41) is 0. The Morgan fingerprint density at radius 2 is 1.54 bits per heavy atom. The Morgan fingerprint density at radius 1 is 1.00 bits per heavy atom. The molecule has 0 atom stereocenters. The summed E-state index contributed by atoms with van der Waals surface area (Å²) in [4.78, 5) is 0. The minimum Gasteiger partial charge on any atom is -1.00 e. The topological polar surface area (TPSA) is 0 Å². The van der Waals surface area contributed by atoms with Crippen LogP contribution in [0.15, 0.2) is 30.3 Å². The summed E-state index contributed by atoms with van der Waals surface area (Å²) in [7, 11) is -0.942. The Bertz CT molecular complexity index is 300. The molecule has 0 radical (unpaired) electrons. The third-order valence-corrected chi connectivity index (χ3v) is 2.09. The van der Waals surface area contributed by atoms with Crippen LogP contribution >= 0.6 is 7.26 Å². The van der Waals surface area contributed by atoms with Crippen LogP contribution in [-0.2, 0) is 0 Å². The molecule has 0 aliphatic rings. The molecule has 1 aromatic carbocycles. The fraction of sp³-hybridized carbons (Fsp3) is 0.273. The van der Waals surface area contributed by atoms with Gasteiger partial charge >= 0.3 is 0 Å². The molecule has 0 amide bonds. The predicted octanol–water partition coefficient (Wildman–Crippen LogP) is -0.0934. The lowest BCUT2D eigenvalue weighted by Gasteiger charge is -1.97. The zero-order chi connectivity index (χ0) is 9.03. The van der Waals surface area contributed by atoms with Gasteiger partial charge in [-0.3, -0.25) is 0 Å². The van der Waals surface area contributed by atoms with Crippen molar-refractivity contribution in [2.45, 2.75) is 0 Å². The second kappa shape index (κ2) is 5.43. The standard InChI is InChI=1S/C11H14P.BrH/c1-12(2,3)10-9-11-7-5-4-6-8-11;/h4-8H,1-3H3;1H/q+1;/p-1. The minimum atomic E-state index is -0.942. The van der Waals surface area contributed by atoms with E-state index in [1.165, 1.54) is 0 Å². The van der Waals surface area contributed by atoms with E-state index >= 15 is 0 Å². The van der Waals surface area contributed by atoms with Gasteiger partial charge in [0.1, 0.15) is 0 Å². The van der Waals surface area contributed by atoms with Gasteiger partial charge in [0.2, 0.25) is 0 Å². The third-order valence-electron chi connectivity index (χ3n) is 1.31. The van der Waals surface area contributed by atoms with Gasteiger partial charge in [-0.05, 0) is 18.1 Å². The smallest absolute Gasteiger partial charge is 0.0835 e. The molecule has 0 N–H and O–H groups in total. The summed E-state index contributed by atoms with van der Waals surface area (Å²) in [6.45, 7) is 6.68. The molecule has 0 heterocycles. The highest BCUT2D eigenvalue weighted by molar-refractivity contribution is 7.78. The fourth-order valence-electron chi connectivity index (χ4n) is 0.754. The summed E-state index contributed by atoms with van der Waals surface area (Å²) >= 11 is 0. The molecule has 13 heavy (non-hydrogen) atoms. The second-order valence-corrected chi connectivity index (χ2v) is 7.86. The van der Waals surface area contributed by atoms with Crippen molar-refractivity contribution in [3.8, 4) is 11.6 Å². The lowest BCUT2D eigenvalue weighted by Crippen LogP contribution is -3.00. The highest BCUT2D eigenvalue weighted by Crippen LogP contribution is 2.44. The van der Waals surface area contributed by atoms with Gasteiger partial charge in [-0.15, -0.1) is 0 Å². The molecule has 0 aliphatic carbocycles. The minimum absolute atomic E-state index is 0. The average Bonchev–Trinajstić information content (AvgIpc) is 2.02. The molecule has 1 rings (SSSR count). The van der Waals surface area contributed by atoms with E-state index in [2.05, 4.69) is 31.6 Å². The molecule has 0 aromatic heterocycles. The summed E-state index contributed by atoms with van der Waals surface area (Å²) in [5.74, 6) is 3.18. The molecule has 0 aliphatic heterocycles. The Labute approximate surface area is 91.9 Å². The number of hydrogen-bond acceptors (Lipinski definition) is 0. The van der Waals surface area contributed by atoms with E-state index < -0.39 is 7.26 Å². The van der Waals surface area contributed by atoms with Gasteiger partial charge in [-0.2, -0.15) is 0 Å². The molecule has 0 nitrogen and oxygen atoms in total. The van der Waals surface area contributed by atoms with Crippen molar-refractivity contribution in [2.24, 2.45) is 0 Å². The molecule has 70 valence electrons. The van der Waals surface area contributed by atoms with E-state index in [1.807, 2.05) is 30.3 Å². The molecule has 0 bridgehead atoms. The molecule has 0 spiro atoms. The first-order valence-electron chi connectivity index (χ1n) is 3.98. The Morgan fingerprint density at radius 3 is 2.00 bits per heavy atom. The van der Waals surface area contributed by atoms with Gasteiger partial charge in [-0.1, -0.05) is 18.2 Å². The second-order valence-electron chi connectivity index (χ2n) is 3.62. The zero-order valence-corrected chi connectivity index (χ0v) is 10.7. The Hall–Kier alpha value is -0.310. The van der Waals surface area contributed by atoms with E-state index in [-0.39, 0.29) is 17.0 Å². The van der Waals surface area contributed by atoms with Crippen molar-refractivity contribution in [3.63, 3.8) is 0 Å². The van der Waals surface area contributed by atoms with Gasteiger partial charge < -0.3 is 17.0 Å². The van der Waals surface area contributed by atoms with E-state index in [0.717, 1.165) is 5.56 Å². The average molecular weight is 257 g/mol. The molecule has 0 unspecified atom stereocenters. The predicted molar refractivity (Wildman–Crippen MR) is 58.0 cm³/mol. The molecule has 0 fully saturated rings. The molecular formula is C11H14BrP. The monoisotopic (exact) mass is 256 g/mol. The zero-order valence-electron chi connectivity index (χ0n) is 8.21. The van der Waals surface area contributed by atoms with Crippen LogP contribution in [0.1, 0.15) is 5.56 Å². The fourth-order valence-corrected chi connectivity index (χ4v) is 1.22. The maximum absolute atomic E-state index is 3.30. The summed E-state index contributed by atoms with van der Waals surface area (Å²) in [5.41, 5.74) is 4.42. The van der Waals surface area contributed by atoms with Crippen LogP contribution in [0, 0.1) is 11.6 Å². The first-order chi connectivity index (χ1) is 5.58. The van der Waals surface area contributed by atoms with Crippen molar-refractivity contribution in [1.82, 2.24) is 0 Å². The quantitative estimate of drug-likeness (QED) is 0.450. The summed E-state index contributed by atoms with van der Waals surface area (Å²) in [6.07, 6.45) is 0. The number of halogens is 1. The number of rotatable bonds is 0.